The van der Waals surface area contributed by atoms with Crippen LogP contribution in [-0.4, -0.2) is 35.5 Å². The number of allylic oxidation sites excluding steroid dienone is 5. The van der Waals surface area contributed by atoms with Gasteiger partial charge in [0.1, 0.15) is 0 Å². The minimum atomic E-state index is 0.555. The third kappa shape index (κ3) is 7.02. The van der Waals surface area contributed by atoms with Crippen molar-refractivity contribution in [1.29, 1.82) is 0 Å². The molecule has 7 heteroatoms. The predicted octanol–water partition coefficient (Wildman–Crippen LogP) is 7.00. The van der Waals surface area contributed by atoms with Gasteiger partial charge in [-0.05, 0) is 67.3 Å². The zero-order chi connectivity index (χ0) is 24.9. The molecule has 6 nitrogen and oxygen atoms in total. The van der Waals surface area contributed by atoms with Crippen LogP contribution in [-0.2, 0) is 0 Å². The van der Waals surface area contributed by atoms with Crippen LogP contribution in [0.5, 0.6) is 28.7 Å². The van der Waals surface area contributed by atoms with Crippen molar-refractivity contribution in [3.63, 3.8) is 0 Å². The molecule has 0 aromatic heterocycles. The number of hydrogen-bond acceptors (Lipinski definition) is 7. The lowest BCUT2D eigenvalue weighted by Crippen LogP contribution is -1.97. The average Bonchev–Trinajstić information content (AvgIpc) is 2.87. The van der Waals surface area contributed by atoms with Crippen LogP contribution in [0.2, 0.25) is 0 Å². The van der Waals surface area contributed by atoms with E-state index in [0.29, 0.717) is 28.7 Å². The third-order valence-electron chi connectivity index (χ3n) is 4.72. The second kappa shape index (κ2) is 14.0. The van der Waals surface area contributed by atoms with Crippen LogP contribution in [0.3, 0.4) is 0 Å². The summed E-state index contributed by atoms with van der Waals surface area (Å²) in [4.78, 5) is 1.06. The fourth-order valence-corrected chi connectivity index (χ4v) is 3.87. The Bertz CT molecular complexity index is 1050. The van der Waals surface area contributed by atoms with Crippen molar-refractivity contribution in [2.75, 3.05) is 40.3 Å². The van der Waals surface area contributed by atoms with E-state index in [2.05, 4.69) is 4.72 Å². The zero-order valence-electron chi connectivity index (χ0n) is 20.8. The molecule has 0 unspecified atom stereocenters. The SMILES string of the molecule is C\C=C/C=C(\C=C/C)SNc1cc(/C=C\c2cc(OC)c(OC)c(OC)c2)cc(OC)c1OC. The van der Waals surface area contributed by atoms with Gasteiger partial charge in [0.2, 0.25) is 5.75 Å². The van der Waals surface area contributed by atoms with Gasteiger partial charge in [-0.1, -0.05) is 36.5 Å². The summed E-state index contributed by atoms with van der Waals surface area (Å²) in [6.07, 6.45) is 14.0. The van der Waals surface area contributed by atoms with Gasteiger partial charge in [-0.2, -0.15) is 0 Å². The van der Waals surface area contributed by atoms with Crippen molar-refractivity contribution in [3.8, 4) is 28.7 Å². The first-order valence-electron chi connectivity index (χ1n) is 10.7. The third-order valence-corrected chi connectivity index (χ3v) is 5.55. The molecular weight excluding hydrogens is 450 g/mol. The minimum absolute atomic E-state index is 0.555. The second-order valence-corrected chi connectivity index (χ2v) is 7.77. The van der Waals surface area contributed by atoms with Crippen molar-refractivity contribution in [1.82, 2.24) is 0 Å². The van der Waals surface area contributed by atoms with Crippen LogP contribution in [0.1, 0.15) is 25.0 Å². The van der Waals surface area contributed by atoms with Gasteiger partial charge >= 0.3 is 0 Å². The van der Waals surface area contributed by atoms with Gasteiger partial charge in [0.25, 0.3) is 0 Å². The number of benzene rings is 2. The van der Waals surface area contributed by atoms with E-state index in [9.17, 15) is 0 Å². The first kappa shape index (κ1) is 26.8. The number of methoxy groups -OCH3 is 5. The normalized spacial score (nSPS) is 11.9. The summed E-state index contributed by atoms with van der Waals surface area (Å²) in [6, 6.07) is 7.71. The number of rotatable bonds is 12. The van der Waals surface area contributed by atoms with E-state index in [1.807, 2.05) is 80.6 Å². The van der Waals surface area contributed by atoms with Gasteiger partial charge in [0.15, 0.2) is 23.0 Å². The molecule has 2 aromatic carbocycles. The fourth-order valence-electron chi connectivity index (χ4n) is 3.14. The summed E-state index contributed by atoms with van der Waals surface area (Å²) >= 11 is 1.49. The van der Waals surface area contributed by atoms with Crippen molar-refractivity contribution >= 4 is 29.8 Å². The predicted molar refractivity (Wildman–Crippen MR) is 143 cm³/mol. The Morgan fingerprint density at radius 2 is 1.24 bits per heavy atom. The molecule has 0 saturated heterocycles. The first-order valence-corrected chi connectivity index (χ1v) is 11.5. The molecule has 0 spiro atoms. The number of nitrogens with one attached hydrogen (secondary N) is 1. The Kier molecular flexibility index (Phi) is 11.0. The van der Waals surface area contributed by atoms with E-state index in [-0.39, 0.29) is 0 Å². The smallest absolute Gasteiger partial charge is 0.203 e. The number of hydrogen-bond donors (Lipinski definition) is 1. The quantitative estimate of drug-likeness (QED) is 0.198. The Morgan fingerprint density at radius 1 is 0.706 bits per heavy atom. The second-order valence-electron chi connectivity index (χ2n) is 6.89. The maximum absolute atomic E-state index is 5.62. The van der Waals surface area contributed by atoms with Gasteiger partial charge in [-0.3, -0.25) is 0 Å². The number of ether oxygens (including phenoxy) is 5. The average molecular weight is 484 g/mol. The molecule has 0 heterocycles. The fraction of sp³-hybridized carbons (Fsp3) is 0.259. The highest BCUT2D eigenvalue weighted by Gasteiger charge is 2.14. The van der Waals surface area contributed by atoms with E-state index < -0.39 is 0 Å². The molecule has 0 saturated carbocycles. The van der Waals surface area contributed by atoms with Crippen LogP contribution in [0.15, 0.2) is 59.6 Å². The topological polar surface area (TPSA) is 58.2 Å². The van der Waals surface area contributed by atoms with Crippen LogP contribution in [0.4, 0.5) is 5.69 Å². The molecule has 0 amide bonds. The lowest BCUT2D eigenvalue weighted by Gasteiger charge is -2.15. The number of anilines is 1. The molecule has 1 N–H and O–H groups in total. The van der Waals surface area contributed by atoms with Crippen molar-refractivity contribution in [2.24, 2.45) is 0 Å². The molecule has 0 aliphatic carbocycles. The first-order chi connectivity index (χ1) is 16.5. The largest absolute Gasteiger partial charge is 0.493 e. The highest BCUT2D eigenvalue weighted by molar-refractivity contribution is 8.04. The van der Waals surface area contributed by atoms with Crippen molar-refractivity contribution in [3.05, 3.63) is 70.7 Å². The molecule has 0 aliphatic rings. The Morgan fingerprint density at radius 3 is 1.71 bits per heavy atom. The molecule has 0 atom stereocenters. The van der Waals surface area contributed by atoms with Gasteiger partial charge in [-0.15, -0.1) is 0 Å². The lowest BCUT2D eigenvalue weighted by atomic mass is 10.1. The maximum atomic E-state index is 5.62. The molecule has 0 fully saturated rings. The van der Waals surface area contributed by atoms with Crippen LogP contribution < -0.4 is 28.4 Å². The summed E-state index contributed by atoms with van der Waals surface area (Å²) in [6.45, 7) is 3.97. The molecular formula is C27H33NO5S. The van der Waals surface area contributed by atoms with Gasteiger partial charge in [0, 0.05) is 4.91 Å². The molecule has 2 aromatic rings. The standard InChI is InChI=1S/C27H33NO5S/c1-8-10-12-21(11-9-2)34-28-22-15-19(16-23(29-3)26(22)32-6)13-14-20-17-24(30-4)27(33-7)25(18-20)31-5/h8-18,28H,1-7H3/b10-8-,11-9-,14-13-,21-12+. The van der Waals surface area contributed by atoms with E-state index >= 15 is 0 Å². The van der Waals surface area contributed by atoms with E-state index in [4.69, 9.17) is 23.7 Å². The van der Waals surface area contributed by atoms with Gasteiger partial charge in [0.05, 0.1) is 41.2 Å². The highest BCUT2D eigenvalue weighted by atomic mass is 32.2. The minimum Gasteiger partial charge on any atom is -0.493 e. The molecule has 2 rings (SSSR count). The van der Waals surface area contributed by atoms with Crippen molar-refractivity contribution in [2.45, 2.75) is 13.8 Å². The van der Waals surface area contributed by atoms with E-state index in [1.54, 1.807) is 35.5 Å². The molecule has 182 valence electrons. The maximum Gasteiger partial charge on any atom is 0.203 e. The summed E-state index contributed by atoms with van der Waals surface area (Å²) in [5.74, 6) is 3.00. The Hall–Kier alpha value is -3.45. The van der Waals surface area contributed by atoms with Gasteiger partial charge < -0.3 is 28.4 Å². The van der Waals surface area contributed by atoms with Crippen LogP contribution in [0.25, 0.3) is 12.2 Å². The molecule has 0 radical (unpaired) electrons. The Labute approximate surface area is 207 Å². The van der Waals surface area contributed by atoms with Crippen LogP contribution >= 0.6 is 11.9 Å². The zero-order valence-corrected chi connectivity index (χ0v) is 21.6. The van der Waals surface area contributed by atoms with Crippen molar-refractivity contribution < 1.29 is 23.7 Å². The monoisotopic (exact) mass is 483 g/mol. The van der Waals surface area contributed by atoms with E-state index in [1.165, 1.54) is 11.9 Å². The van der Waals surface area contributed by atoms with Crippen LogP contribution in [0, 0.1) is 0 Å². The summed E-state index contributed by atoms with van der Waals surface area (Å²) in [5, 5.41) is 0. The molecule has 0 bridgehead atoms. The van der Waals surface area contributed by atoms with Gasteiger partial charge in [-0.25, -0.2) is 0 Å². The summed E-state index contributed by atoms with van der Waals surface area (Å²) in [7, 11) is 8.03. The van der Waals surface area contributed by atoms with E-state index in [0.717, 1.165) is 21.7 Å². The molecule has 34 heavy (non-hydrogen) atoms. The lowest BCUT2D eigenvalue weighted by molar-refractivity contribution is 0.324. The Balaban J connectivity index is 2.42. The highest BCUT2D eigenvalue weighted by Crippen LogP contribution is 2.40. The molecule has 0 aliphatic heterocycles. The summed E-state index contributed by atoms with van der Waals surface area (Å²) < 4.78 is 30.9. The summed E-state index contributed by atoms with van der Waals surface area (Å²) in [5.41, 5.74) is 2.63.